The van der Waals surface area contributed by atoms with Crippen LogP contribution in [-0.4, -0.2) is 62.3 Å². The number of hydrogen-bond donors (Lipinski definition) is 0. The van der Waals surface area contributed by atoms with Gasteiger partial charge in [0.1, 0.15) is 0 Å². The van der Waals surface area contributed by atoms with Crippen molar-refractivity contribution in [3.05, 3.63) is 0 Å². The molecule has 1 amide bonds. The monoisotopic (exact) mass is 283 g/mol. The first-order chi connectivity index (χ1) is 7.89. The molecule has 1 aliphatic rings. The molecule has 98 valence electrons. The van der Waals surface area contributed by atoms with E-state index in [4.69, 9.17) is 11.6 Å². The number of hydrogen-bond acceptors (Lipinski definition) is 5. The van der Waals surface area contributed by atoms with Gasteiger partial charge in [0, 0.05) is 0 Å². The summed E-state index contributed by atoms with van der Waals surface area (Å²) in [5, 5.41) is 0. The van der Waals surface area contributed by atoms with Crippen molar-refractivity contribution in [2.75, 3.05) is 31.0 Å². The molecule has 1 saturated heterocycles. The zero-order chi connectivity index (χ0) is 13.1. The van der Waals surface area contributed by atoms with E-state index in [0.717, 1.165) is 4.90 Å². The number of amides is 1. The van der Waals surface area contributed by atoms with Crippen LogP contribution >= 0.6 is 11.6 Å². The summed E-state index contributed by atoms with van der Waals surface area (Å²) < 4.78 is 27.2. The van der Waals surface area contributed by atoms with Gasteiger partial charge in [-0.25, -0.2) is 13.2 Å². The van der Waals surface area contributed by atoms with E-state index in [1.165, 1.54) is 7.11 Å². The van der Waals surface area contributed by atoms with Crippen LogP contribution in [0.4, 0.5) is 4.79 Å². The highest BCUT2D eigenvalue weighted by Gasteiger charge is 2.35. The van der Waals surface area contributed by atoms with Gasteiger partial charge in [-0.1, -0.05) is 0 Å². The molecule has 0 aromatic rings. The van der Waals surface area contributed by atoms with Crippen LogP contribution in [0.15, 0.2) is 0 Å². The lowest BCUT2D eigenvalue weighted by Gasteiger charge is -2.25. The van der Waals surface area contributed by atoms with Gasteiger partial charge in [-0.05, 0) is 6.42 Å². The zero-order valence-electron chi connectivity index (χ0n) is 9.39. The van der Waals surface area contributed by atoms with Crippen molar-refractivity contribution in [3.63, 3.8) is 0 Å². The number of ketones is 1. The lowest BCUT2D eigenvalue weighted by molar-refractivity contribution is -0.117. The van der Waals surface area contributed by atoms with E-state index in [0.29, 0.717) is 6.42 Å². The zero-order valence-corrected chi connectivity index (χ0v) is 11.0. The molecule has 1 aliphatic heterocycles. The van der Waals surface area contributed by atoms with E-state index in [1.807, 2.05) is 0 Å². The molecular weight excluding hydrogens is 270 g/mol. The summed E-state index contributed by atoms with van der Waals surface area (Å²) in [6, 6.07) is -0.500. The topological polar surface area (TPSA) is 80.8 Å². The summed E-state index contributed by atoms with van der Waals surface area (Å²) in [6.45, 7) is -0.212. The Labute approximate surface area is 105 Å². The Morgan fingerprint density at radius 1 is 1.47 bits per heavy atom. The van der Waals surface area contributed by atoms with E-state index >= 15 is 0 Å². The maximum absolute atomic E-state index is 11.5. The van der Waals surface area contributed by atoms with Gasteiger partial charge in [0.25, 0.3) is 0 Å². The first kappa shape index (κ1) is 14.2. The normalized spacial score (nSPS) is 22.1. The average Bonchev–Trinajstić information content (AvgIpc) is 2.64. The minimum Gasteiger partial charge on any atom is -0.453 e. The van der Waals surface area contributed by atoms with Crippen molar-refractivity contribution in [2.45, 2.75) is 12.5 Å². The maximum Gasteiger partial charge on any atom is 0.410 e. The number of halogens is 1. The van der Waals surface area contributed by atoms with Gasteiger partial charge in [0.05, 0.1) is 37.1 Å². The number of carbonyl (C=O) groups excluding carboxylic acids is 2. The minimum atomic E-state index is -3.12. The first-order valence-corrected chi connectivity index (χ1v) is 7.38. The maximum atomic E-state index is 11.5. The quantitative estimate of drug-likeness (QED) is 0.681. The Bertz CT molecular complexity index is 408. The van der Waals surface area contributed by atoms with Gasteiger partial charge in [-0.15, -0.1) is 11.6 Å². The fourth-order valence-corrected chi connectivity index (χ4v) is 3.53. The summed E-state index contributed by atoms with van der Waals surface area (Å²) >= 11 is 5.36. The van der Waals surface area contributed by atoms with Gasteiger partial charge in [0.2, 0.25) is 0 Å². The average molecular weight is 284 g/mol. The number of methoxy groups -OCH3 is 1. The molecule has 0 aromatic carbocycles. The smallest absolute Gasteiger partial charge is 0.410 e. The van der Waals surface area contributed by atoms with Crippen molar-refractivity contribution >= 4 is 33.3 Å². The number of sulfone groups is 1. The van der Waals surface area contributed by atoms with Crippen molar-refractivity contribution in [1.82, 2.24) is 4.90 Å². The predicted octanol–water partition coefficient (Wildman–Crippen LogP) is 0.0498. The molecule has 17 heavy (non-hydrogen) atoms. The molecule has 8 heteroatoms. The van der Waals surface area contributed by atoms with Crippen LogP contribution in [0.2, 0.25) is 0 Å². The number of carbonyl (C=O) groups is 2. The molecule has 0 aliphatic carbocycles. The summed E-state index contributed by atoms with van der Waals surface area (Å²) in [5.74, 6) is -0.661. The molecule has 0 radical (unpaired) electrons. The molecule has 1 heterocycles. The third kappa shape index (κ3) is 3.85. The van der Waals surface area contributed by atoms with E-state index < -0.39 is 22.0 Å². The van der Waals surface area contributed by atoms with Crippen LogP contribution in [0, 0.1) is 0 Å². The Morgan fingerprint density at radius 2 is 2.12 bits per heavy atom. The van der Waals surface area contributed by atoms with Crippen molar-refractivity contribution < 1.29 is 22.7 Å². The van der Waals surface area contributed by atoms with E-state index in [1.54, 1.807) is 0 Å². The fourth-order valence-electron chi connectivity index (χ4n) is 1.71. The number of Topliss-reactive ketones (excluding diaryl/α,β-unsaturated/α-hetero) is 1. The van der Waals surface area contributed by atoms with E-state index in [9.17, 15) is 18.0 Å². The molecule has 0 aromatic heterocycles. The SMILES string of the molecule is COC(=O)N(CC(=O)CCl)C1CCS(=O)(=O)C1. The second-order valence-corrected chi connectivity index (χ2v) is 6.32. The second kappa shape index (κ2) is 5.68. The highest BCUT2D eigenvalue weighted by atomic mass is 35.5. The number of nitrogens with zero attached hydrogens (tertiary/aromatic N) is 1. The minimum absolute atomic E-state index is 0.0280. The number of ether oxygens (including phenoxy) is 1. The summed E-state index contributed by atoms with van der Waals surface area (Å²) in [5.41, 5.74) is 0. The van der Waals surface area contributed by atoms with E-state index in [-0.39, 0.29) is 29.7 Å². The molecule has 1 rings (SSSR count). The fraction of sp³-hybridized carbons (Fsp3) is 0.778. The molecule has 0 bridgehead atoms. The molecule has 1 unspecified atom stereocenters. The number of alkyl halides is 1. The Morgan fingerprint density at radius 3 is 2.53 bits per heavy atom. The van der Waals surface area contributed by atoms with Gasteiger partial charge in [-0.3, -0.25) is 9.69 Å². The highest BCUT2D eigenvalue weighted by Crippen LogP contribution is 2.18. The van der Waals surface area contributed by atoms with Crippen LogP contribution in [0.3, 0.4) is 0 Å². The molecule has 0 spiro atoms. The standard InChI is InChI=1S/C9H14ClNO5S/c1-16-9(13)11(5-8(12)4-10)7-2-3-17(14,15)6-7/h7H,2-6H2,1H3. The van der Waals surface area contributed by atoms with E-state index in [2.05, 4.69) is 4.74 Å². The van der Waals surface area contributed by atoms with Gasteiger partial charge < -0.3 is 4.74 Å². The summed E-state index contributed by atoms with van der Waals surface area (Å²) in [6.07, 6.45) is -0.377. The Kier molecular flexibility index (Phi) is 4.76. The van der Waals surface area contributed by atoms with Crippen molar-refractivity contribution in [1.29, 1.82) is 0 Å². The van der Waals surface area contributed by atoms with Gasteiger partial charge >= 0.3 is 6.09 Å². The first-order valence-electron chi connectivity index (χ1n) is 5.02. The van der Waals surface area contributed by atoms with Crippen LogP contribution in [-0.2, 0) is 19.4 Å². The predicted molar refractivity (Wildman–Crippen MR) is 61.9 cm³/mol. The third-order valence-corrected chi connectivity index (χ3v) is 4.60. The second-order valence-electron chi connectivity index (χ2n) is 3.83. The van der Waals surface area contributed by atoms with Crippen LogP contribution in [0.25, 0.3) is 0 Å². The molecular formula is C9H14ClNO5S. The van der Waals surface area contributed by atoms with Crippen LogP contribution < -0.4 is 0 Å². The largest absolute Gasteiger partial charge is 0.453 e. The third-order valence-electron chi connectivity index (χ3n) is 2.55. The van der Waals surface area contributed by atoms with Crippen molar-refractivity contribution in [3.8, 4) is 0 Å². The molecule has 0 N–H and O–H groups in total. The summed E-state index contributed by atoms with van der Waals surface area (Å²) in [4.78, 5) is 23.8. The Balaban J connectivity index is 2.77. The molecule has 0 saturated carbocycles. The van der Waals surface area contributed by atoms with Gasteiger partial charge in [-0.2, -0.15) is 0 Å². The summed E-state index contributed by atoms with van der Waals surface area (Å²) in [7, 11) is -1.93. The lowest BCUT2D eigenvalue weighted by atomic mass is 10.2. The molecule has 1 fully saturated rings. The van der Waals surface area contributed by atoms with Crippen molar-refractivity contribution in [2.24, 2.45) is 0 Å². The molecule has 1 atom stereocenters. The van der Waals surface area contributed by atoms with Crippen LogP contribution in [0.1, 0.15) is 6.42 Å². The van der Waals surface area contributed by atoms with Crippen LogP contribution in [0.5, 0.6) is 0 Å². The number of rotatable bonds is 4. The lowest BCUT2D eigenvalue weighted by Crippen LogP contribution is -2.44. The molecule has 6 nitrogen and oxygen atoms in total. The Hall–Kier alpha value is -0.820. The van der Waals surface area contributed by atoms with Gasteiger partial charge in [0.15, 0.2) is 15.6 Å². The highest BCUT2D eigenvalue weighted by molar-refractivity contribution is 7.91.